The Hall–Kier alpha value is -2.01. The summed E-state index contributed by atoms with van der Waals surface area (Å²) >= 11 is 0. The Kier molecular flexibility index (Phi) is 7.64. The summed E-state index contributed by atoms with van der Waals surface area (Å²) in [6.45, 7) is 10.00. The Balaban J connectivity index is 1.45. The van der Waals surface area contributed by atoms with Gasteiger partial charge < -0.3 is 30.0 Å². The van der Waals surface area contributed by atoms with Gasteiger partial charge in [0, 0.05) is 29.8 Å². The van der Waals surface area contributed by atoms with Gasteiger partial charge in [-0.15, -0.1) is 0 Å². The number of esters is 1. The van der Waals surface area contributed by atoms with Crippen LogP contribution in [0.15, 0.2) is 6.07 Å². The van der Waals surface area contributed by atoms with E-state index in [1.54, 1.807) is 0 Å². The van der Waals surface area contributed by atoms with Crippen molar-refractivity contribution in [1.82, 2.24) is 0 Å². The van der Waals surface area contributed by atoms with Gasteiger partial charge >= 0.3 is 13.1 Å². The molecule has 1 aromatic rings. The molecule has 0 radical (unpaired) electrons. The van der Waals surface area contributed by atoms with Gasteiger partial charge in [-0.3, -0.25) is 4.79 Å². The highest BCUT2D eigenvalue weighted by Gasteiger charge is 2.68. The van der Waals surface area contributed by atoms with E-state index in [1.165, 1.54) is 6.07 Å². The summed E-state index contributed by atoms with van der Waals surface area (Å²) < 4.78 is 32.2. The molecule has 4 N–H and O–H groups in total. The maximum Gasteiger partial charge on any atom is 0.494 e. The van der Waals surface area contributed by atoms with E-state index in [1.807, 2.05) is 13.8 Å². The highest BCUT2D eigenvalue weighted by atomic mass is 19.1. The molecule has 3 fully saturated rings. The van der Waals surface area contributed by atoms with E-state index < -0.39 is 48.5 Å². The number of aliphatic hydroxyl groups is 1. The number of carbonyl (C=O) groups excluding carboxylic acids is 2. The molecule has 40 heavy (non-hydrogen) atoms. The van der Waals surface area contributed by atoms with Gasteiger partial charge in [-0.05, 0) is 72.0 Å². The molecule has 1 aliphatic heterocycles. The van der Waals surface area contributed by atoms with Gasteiger partial charge in [0.1, 0.15) is 11.9 Å². The number of benzene rings is 1. The van der Waals surface area contributed by atoms with E-state index in [2.05, 4.69) is 20.8 Å². The predicted octanol–water partition coefficient (Wildman–Crippen LogP) is 3.01. The highest BCUT2D eigenvalue weighted by molar-refractivity contribution is 6.61. The van der Waals surface area contributed by atoms with Crippen molar-refractivity contribution in [3.63, 3.8) is 0 Å². The Labute approximate surface area is 236 Å². The molecule has 3 aliphatic carbocycles. The second-order valence-electron chi connectivity index (χ2n) is 13.3. The van der Waals surface area contributed by atoms with Gasteiger partial charge in [0.25, 0.3) is 0 Å². The summed E-state index contributed by atoms with van der Waals surface area (Å²) in [5.41, 5.74) is 5.40. The van der Waals surface area contributed by atoms with Gasteiger partial charge in [0.2, 0.25) is 0 Å². The second-order valence-corrected chi connectivity index (χ2v) is 13.3. The number of hydrogen-bond donors (Lipinski definition) is 3. The van der Waals surface area contributed by atoms with E-state index in [0.29, 0.717) is 30.4 Å². The van der Waals surface area contributed by atoms with Crippen molar-refractivity contribution in [3.8, 4) is 5.75 Å². The van der Waals surface area contributed by atoms with E-state index in [4.69, 9.17) is 19.9 Å². The zero-order chi connectivity index (χ0) is 29.2. The maximum absolute atomic E-state index is 15.2. The number of fused-ring (bicyclic) bond motifs is 1. The van der Waals surface area contributed by atoms with Crippen molar-refractivity contribution >= 4 is 24.3 Å². The molecule has 8 nitrogen and oxygen atoms in total. The van der Waals surface area contributed by atoms with Gasteiger partial charge in [0.05, 0.1) is 12.7 Å². The lowest BCUT2D eigenvalue weighted by Crippen LogP contribution is -2.63. The summed E-state index contributed by atoms with van der Waals surface area (Å²) in [7, 11) is -1.43. The second kappa shape index (κ2) is 10.4. The van der Waals surface area contributed by atoms with Crippen LogP contribution in [-0.2, 0) is 32.1 Å². The molecule has 0 unspecified atom stereocenters. The van der Waals surface area contributed by atoms with Gasteiger partial charge in [-0.2, -0.15) is 0 Å². The van der Waals surface area contributed by atoms with Crippen molar-refractivity contribution in [2.75, 3.05) is 6.61 Å². The van der Waals surface area contributed by atoms with Crippen molar-refractivity contribution in [2.45, 2.75) is 98.5 Å². The number of carbonyl (C=O) groups is 2. The highest BCUT2D eigenvalue weighted by Crippen LogP contribution is 2.68. The SMILES string of the molecule is CC[C@]1(C)C[C@@H](OC(=O)COc2cc(CN)c3c(c2F)B(O)OC3)[C@]2(C)[C@H](C)CC[C@]3(CCC(=O)[C@H]32)[C@@H](C)[C@@H]1O. The van der Waals surface area contributed by atoms with Crippen molar-refractivity contribution in [1.29, 1.82) is 0 Å². The lowest BCUT2D eigenvalue weighted by Gasteiger charge is -2.62. The Morgan fingerprint density at radius 1 is 1.30 bits per heavy atom. The number of ether oxygens (including phenoxy) is 2. The number of Topliss-reactive ketones (excluding diaryl/α,β-unsaturated/α-hetero) is 1. The number of halogens is 1. The van der Waals surface area contributed by atoms with Crippen LogP contribution in [0, 0.1) is 39.8 Å². The van der Waals surface area contributed by atoms with Crippen LogP contribution in [0.3, 0.4) is 0 Å². The minimum absolute atomic E-state index is 0.0206. The fourth-order valence-electron chi connectivity index (χ4n) is 8.74. The summed E-state index contributed by atoms with van der Waals surface area (Å²) in [4.78, 5) is 26.9. The smallest absolute Gasteiger partial charge is 0.479 e. The van der Waals surface area contributed by atoms with Crippen molar-refractivity contribution in [2.24, 2.45) is 39.7 Å². The summed E-state index contributed by atoms with van der Waals surface area (Å²) in [6, 6.07) is 1.43. The standard InChI is InChI=1S/C30H43BFNO7/c1-6-28(4)12-22(29(5)16(2)7-9-30(17(3)27(28)36)10-8-20(34)26(29)30)40-23(35)15-38-21-11-18(13-33)19-14-39-31(37)24(19)25(21)32/h11,16-17,22,26-27,36-37H,6-10,12-15,33H2,1-5H3/t16-,17+,22-,26+,27+,28-,29+,30+/m1/s1. The summed E-state index contributed by atoms with van der Waals surface area (Å²) in [6.07, 6.45) is 2.81. The zero-order valence-corrected chi connectivity index (χ0v) is 24.3. The minimum Gasteiger partial charge on any atom is -0.479 e. The molecule has 2 bridgehead atoms. The van der Waals surface area contributed by atoms with Crippen LogP contribution >= 0.6 is 0 Å². The van der Waals surface area contributed by atoms with Crippen LogP contribution in [0.25, 0.3) is 0 Å². The molecular weight excluding hydrogens is 516 g/mol. The van der Waals surface area contributed by atoms with Crippen LogP contribution in [0.1, 0.15) is 84.3 Å². The molecule has 1 heterocycles. The predicted molar refractivity (Wildman–Crippen MR) is 147 cm³/mol. The average Bonchev–Trinajstić information content (AvgIpc) is 3.50. The zero-order valence-electron chi connectivity index (χ0n) is 24.3. The quantitative estimate of drug-likeness (QED) is 0.359. The lowest BCUT2D eigenvalue weighted by molar-refractivity contribution is -0.213. The first-order valence-electron chi connectivity index (χ1n) is 14.7. The number of nitrogens with two attached hydrogens (primary N) is 1. The number of ketones is 1. The maximum atomic E-state index is 15.2. The number of rotatable bonds is 6. The first-order chi connectivity index (χ1) is 18.8. The average molecular weight is 559 g/mol. The third-order valence-electron chi connectivity index (χ3n) is 11.7. The molecule has 8 atom stereocenters. The van der Waals surface area contributed by atoms with Gasteiger partial charge in [-0.1, -0.05) is 34.6 Å². The van der Waals surface area contributed by atoms with E-state index in [9.17, 15) is 19.7 Å². The molecule has 4 aliphatic rings. The normalized spacial score (nSPS) is 38.9. The van der Waals surface area contributed by atoms with Crippen LogP contribution in [0.4, 0.5) is 4.39 Å². The molecule has 220 valence electrons. The third-order valence-corrected chi connectivity index (χ3v) is 11.7. The third kappa shape index (κ3) is 4.24. The molecule has 0 aromatic heterocycles. The largest absolute Gasteiger partial charge is 0.494 e. The molecular formula is C30H43BFNO7. The van der Waals surface area contributed by atoms with Crippen LogP contribution in [-0.4, -0.2) is 47.8 Å². The fourth-order valence-corrected chi connectivity index (χ4v) is 8.74. The van der Waals surface area contributed by atoms with Crippen LogP contribution in [0.2, 0.25) is 0 Å². The Bertz CT molecular complexity index is 1200. The van der Waals surface area contributed by atoms with E-state index >= 15 is 4.39 Å². The first kappa shape index (κ1) is 29.5. The molecule has 0 spiro atoms. The molecule has 1 aromatic carbocycles. The topological polar surface area (TPSA) is 128 Å². The molecule has 5 rings (SSSR count). The first-order valence-corrected chi connectivity index (χ1v) is 14.7. The van der Waals surface area contributed by atoms with Crippen LogP contribution < -0.4 is 15.9 Å². The van der Waals surface area contributed by atoms with Crippen molar-refractivity contribution < 1.29 is 38.2 Å². The molecule has 0 saturated heterocycles. The fraction of sp³-hybridized carbons (Fsp3) is 0.733. The number of aliphatic hydroxyl groups excluding tert-OH is 1. The lowest BCUT2D eigenvalue weighted by atomic mass is 9.43. The Morgan fingerprint density at radius 2 is 2.02 bits per heavy atom. The molecule has 0 amide bonds. The van der Waals surface area contributed by atoms with Gasteiger partial charge in [-0.25, -0.2) is 9.18 Å². The number of hydrogen-bond acceptors (Lipinski definition) is 8. The monoisotopic (exact) mass is 559 g/mol. The van der Waals surface area contributed by atoms with E-state index in [0.717, 1.165) is 19.3 Å². The minimum atomic E-state index is -1.43. The van der Waals surface area contributed by atoms with E-state index in [-0.39, 0.29) is 53.3 Å². The van der Waals surface area contributed by atoms with Crippen molar-refractivity contribution in [3.05, 3.63) is 23.0 Å². The molecule has 3 saturated carbocycles. The summed E-state index contributed by atoms with van der Waals surface area (Å²) in [5, 5.41) is 21.8. The van der Waals surface area contributed by atoms with Gasteiger partial charge in [0.15, 0.2) is 18.2 Å². The summed E-state index contributed by atoms with van der Waals surface area (Å²) in [5.74, 6) is -1.72. The molecule has 10 heteroatoms. The Morgan fingerprint density at radius 3 is 2.70 bits per heavy atom. The van der Waals surface area contributed by atoms with Crippen LogP contribution in [0.5, 0.6) is 5.75 Å².